The lowest BCUT2D eigenvalue weighted by Gasteiger charge is -2.12. The Labute approximate surface area is 115 Å². The average Bonchev–Trinajstić information content (AvgIpc) is 2.35. The molecule has 0 saturated carbocycles. The van der Waals surface area contributed by atoms with E-state index in [4.69, 9.17) is 12.2 Å². The number of hydrogen-bond donors (Lipinski definition) is 3. The summed E-state index contributed by atoms with van der Waals surface area (Å²) in [4.78, 5) is 1.31. The molecule has 0 bridgehead atoms. The zero-order valence-electron chi connectivity index (χ0n) is 10.8. The zero-order valence-corrected chi connectivity index (χ0v) is 11.6. The Bertz CT molecular complexity index is 452. The van der Waals surface area contributed by atoms with Crippen LogP contribution < -0.4 is 15.5 Å². The van der Waals surface area contributed by atoms with Gasteiger partial charge in [-0.1, -0.05) is 0 Å². The standard InChI is InChI=1S/C12H16F3N3S/c1-18(2)7-3-6-16-12(19)17-9-5-4-8(13)10(14)11(9)15/h4-5H,3,6-7H2,1-2H3,(H2,16,17,19)/p+1. The molecule has 0 heterocycles. The molecule has 19 heavy (non-hydrogen) atoms. The second kappa shape index (κ2) is 7.30. The molecular formula is C12H17F3N3S+. The van der Waals surface area contributed by atoms with Crippen LogP contribution >= 0.6 is 12.2 Å². The number of thiocarbonyl (C=S) groups is 1. The molecule has 0 aliphatic heterocycles. The fourth-order valence-corrected chi connectivity index (χ4v) is 1.64. The molecule has 0 aliphatic rings. The van der Waals surface area contributed by atoms with Gasteiger partial charge in [0.2, 0.25) is 0 Å². The fourth-order valence-electron chi connectivity index (χ4n) is 1.43. The SMILES string of the molecule is C[NH+](C)CCCNC(=S)Nc1ccc(F)c(F)c1F. The first kappa shape index (κ1) is 15.7. The maximum atomic E-state index is 13.3. The number of anilines is 1. The fraction of sp³-hybridized carbons (Fsp3) is 0.417. The maximum absolute atomic E-state index is 13.3. The smallest absolute Gasteiger partial charge is 0.196 e. The Morgan fingerprint density at radius 2 is 1.89 bits per heavy atom. The highest BCUT2D eigenvalue weighted by Gasteiger charge is 2.13. The molecule has 0 fully saturated rings. The van der Waals surface area contributed by atoms with E-state index in [-0.39, 0.29) is 10.8 Å². The van der Waals surface area contributed by atoms with Crippen LogP contribution in [0.2, 0.25) is 0 Å². The molecule has 0 radical (unpaired) electrons. The molecule has 3 nitrogen and oxygen atoms in total. The van der Waals surface area contributed by atoms with Crippen molar-refractivity contribution in [3.8, 4) is 0 Å². The first-order valence-corrected chi connectivity index (χ1v) is 6.30. The quantitative estimate of drug-likeness (QED) is 0.428. The van der Waals surface area contributed by atoms with Gasteiger partial charge in [-0.05, 0) is 24.4 Å². The van der Waals surface area contributed by atoms with Gasteiger partial charge in [-0.2, -0.15) is 0 Å². The minimum Gasteiger partial charge on any atom is -0.362 e. The normalized spacial score (nSPS) is 10.6. The van der Waals surface area contributed by atoms with Crippen molar-refractivity contribution < 1.29 is 18.1 Å². The predicted octanol–water partition coefficient (Wildman–Crippen LogP) is 0.925. The zero-order chi connectivity index (χ0) is 14.4. The van der Waals surface area contributed by atoms with Crippen molar-refractivity contribution in [2.24, 2.45) is 0 Å². The van der Waals surface area contributed by atoms with Crippen LogP contribution in [0.15, 0.2) is 12.1 Å². The van der Waals surface area contributed by atoms with Gasteiger partial charge in [0.25, 0.3) is 0 Å². The van der Waals surface area contributed by atoms with Gasteiger partial charge in [0.15, 0.2) is 22.6 Å². The third kappa shape index (κ3) is 5.04. The van der Waals surface area contributed by atoms with Crippen LogP contribution in [0.1, 0.15) is 6.42 Å². The first-order valence-electron chi connectivity index (χ1n) is 5.89. The minimum atomic E-state index is -1.51. The molecule has 0 aromatic heterocycles. The van der Waals surface area contributed by atoms with Crippen LogP contribution in [0.5, 0.6) is 0 Å². The van der Waals surface area contributed by atoms with Crippen LogP contribution in [-0.4, -0.2) is 32.3 Å². The summed E-state index contributed by atoms with van der Waals surface area (Å²) in [6.07, 6.45) is 0.893. The van der Waals surface area contributed by atoms with E-state index >= 15 is 0 Å². The van der Waals surface area contributed by atoms with Crippen molar-refractivity contribution in [3.63, 3.8) is 0 Å². The molecule has 0 amide bonds. The van der Waals surface area contributed by atoms with E-state index in [0.717, 1.165) is 25.1 Å². The third-order valence-electron chi connectivity index (χ3n) is 2.42. The van der Waals surface area contributed by atoms with Gasteiger partial charge in [-0.15, -0.1) is 0 Å². The number of nitrogens with one attached hydrogen (secondary N) is 3. The minimum absolute atomic E-state index is 0.179. The topological polar surface area (TPSA) is 28.5 Å². The second-order valence-electron chi connectivity index (χ2n) is 4.41. The molecule has 106 valence electrons. The largest absolute Gasteiger partial charge is 0.362 e. The van der Waals surface area contributed by atoms with E-state index in [9.17, 15) is 13.2 Å². The molecule has 1 aromatic rings. The predicted molar refractivity (Wildman–Crippen MR) is 72.8 cm³/mol. The molecule has 3 N–H and O–H groups in total. The van der Waals surface area contributed by atoms with E-state index in [1.165, 1.54) is 4.90 Å². The van der Waals surface area contributed by atoms with E-state index in [1.54, 1.807) is 0 Å². The van der Waals surface area contributed by atoms with Gasteiger partial charge in [0.05, 0.1) is 26.3 Å². The lowest BCUT2D eigenvalue weighted by atomic mass is 10.3. The van der Waals surface area contributed by atoms with Gasteiger partial charge in [0.1, 0.15) is 0 Å². The summed E-state index contributed by atoms with van der Waals surface area (Å²) in [5.74, 6) is -4.01. The van der Waals surface area contributed by atoms with Gasteiger partial charge in [-0.3, -0.25) is 0 Å². The van der Waals surface area contributed by atoms with Crippen molar-refractivity contribution in [3.05, 3.63) is 29.6 Å². The highest BCUT2D eigenvalue weighted by Crippen LogP contribution is 2.19. The maximum Gasteiger partial charge on any atom is 0.196 e. The van der Waals surface area contributed by atoms with Gasteiger partial charge < -0.3 is 15.5 Å². The third-order valence-corrected chi connectivity index (χ3v) is 2.67. The van der Waals surface area contributed by atoms with Gasteiger partial charge in [0, 0.05) is 13.0 Å². The Morgan fingerprint density at radius 3 is 2.53 bits per heavy atom. The van der Waals surface area contributed by atoms with Crippen LogP contribution in [0, 0.1) is 17.5 Å². The molecule has 0 atom stereocenters. The molecule has 0 unspecified atom stereocenters. The van der Waals surface area contributed by atoms with Crippen LogP contribution in [0.4, 0.5) is 18.9 Å². The van der Waals surface area contributed by atoms with Crippen molar-refractivity contribution in [1.29, 1.82) is 0 Å². The monoisotopic (exact) mass is 292 g/mol. The summed E-state index contributed by atoms with van der Waals surface area (Å²) >= 11 is 4.94. The molecule has 1 rings (SSSR count). The lowest BCUT2D eigenvalue weighted by molar-refractivity contribution is -0.858. The van der Waals surface area contributed by atoms with Gasteiger partial charge in [-0.25, -0.2) is 13.2 Å². The van der Waals surface area contributed by atoms with Crippen molar-refractivity contribution in [2.75, 3.05) is 32.5 Å². The Morgan fingerprint density at radius 1 is 1.21 bits per heavy atom. The highest BCUT2D eigenvalue weighted by atomic mass is 32.1. The number of rotatable bonds is 5. The number of benzene rings is 1. The Balaban J connectivity index is 2.47. The van der Waals surface area contributed by atoms with Gasteiger partial charge >= 0.3 is 0 Å². The first-order chi connectivity index (χ1) is 8.91. The van der Waals surface area contributed by atoms with E-state index < -0.39 is 17.5 Å². The molecule has 0 saturated heterocycles. The summed E-state index contributed by atoms with van der Waals surface area (Å²) in [6.45, 7) is 1.59. The molecular weight excluding hydrogens is 275 g/mol. The highest BCUT2D eigenvalue weighted by molar-refractivity contribution is 7.80. The van der Waals surface area contributed by atoms with Crippen molar-refractivity contribution in [2.45, 2.75) is 6.42 Å². The number of hydrogen-bond acceptors (Lipinski definition) is 1. The Hall–Kier alpha value is -1.34. The summed E-state index contributed by atoms with van der Waals surface area (Å²) in [7, 11) is 4.07. The summed E-state index contributed by atoms with van der Waals surface area (Å²) < 4.78 is 39.1. The second-order valence-corrected chi connectivity index (χ2v) is 4.82. The summed E-state index contributed by atoms with van der Waals surface area (Å²) in [6, 6.07) is 1.95. The lowest BCUT2D eigenvalue weighted by Crippen LogP contribution is -3.05. The van der Waals surface area contributed by atoms with Crippen molar-refractivity contribution >= 4 is 23.0 Å². The van der Waals surface area contributed by atoms with Crippen molar-refractivity contribution in [1.82, 2.24) is 5.32 Å². The van der Waals surface area contributed by atoms with E-state index in [0.29, 0.717) is 6.54 Å². The number of halogens is 3. The number of quaternary nitrogens is 1. The summed E-state index contributed by atoms with van der Waals surface area (Å²) in [5, 5.41) is 5.55. The van der Waals surface area contributed by atoms with E-state index in [2.05, 4.69) is 10.6 Å². The molecule has 0 spiro atoms. The average molecular weight is 292 g/mol. The van der Waals surface area contributed by atoms with Crippen LogP contribution in [-0.2, 0) is 0 Å². The Kier molecular flexibility index (Phi) is 6.04. The van der Waals surface area contributed by atoms with Crippen LogP contribution in [0.3, 0.4) is 0 Å². The molecule has 7 heteroatoms. The summed E-state index contributed by atoms with van der Waals surface area (Å²) in [5.41, 5.74) is -0.186. The van der Waals surface area contributed by atoms with Crippen LogP contribution in [0.25, 0.3) is 0 Å². The van der Waals surface area contributed by atoms with E-state index in [1.807, 2.05) is 14.1 Å². The molecule has 0 aliphatic carbocycles. The molecule has 1 aromatic carbocycles.